The number of carbonyl (C=O) groups is 1. The number of nitrogens with zero attached hydrogens (tertiary/aromatic N) is 2. The van der Waals surface area contributed by atoms with Gasteiger partial charge in [-0.05, 0) is 12.1 Å². The highest BCUT2D eigenvalue weighted by Crippen LogP contribution is 2.28. The molecule has 2 aromatic rings. The normalized spacial score (nSPS) is 14.6. The average molecular weight is 416 g/mol. The number of aromatic amines is 1. The number of ether oxygens (including phenoxy) is 2. The van der Waals surface area contributed by atoms with Gasteiger partial charge in [0.1, 0.15) is 11.6 Å². The van der Waals surface area contributed by atoms with Crippen LogP contribution >= 0.6 is 0 Å². The van der Waals surface area contributed by atoms with E-state index in [1.807, 2.05) is 4.90 Å². The number of nitrogens with one attached hydrogen (secondary N) is 2. The lowest BCUT2D eigenvalue weighted by atomic mass is 10.2. The molecular weight excluding hydrogens is 400 g/mol. The van der Waals surface area contributed by atoms with E-state index in [1.165, 1.54) is 6.07 Å². The Balaban J connectivity index is 1.70. The molecule has 0 aliphatic carbocycles. The SMILES string of the molecule is O=C(Cc1nc(N2CCOCC2)cc(=O)[nH]1)Nc1ccc(F)c(OC(F)(F)F)c1. The second-order valence-corrected chi connectivity index (χ2v) is 6.07. The van der Waals surface area contributed by atoms with Gasteiger partial charge in [-0.25, -0.2) is 9.37 Å². The quantitative estimate of drug-likeness (QED) is 0.722. The Morgan fingerprint density at radius 2 is 2.00 bits per heavy atom. The zero-order chi connectivity index (χ0) is 21.0. The first-order valence-electron chi connectivity index (χ1n) is 8.48. The molecule has 1 aliphatic rings. The number of H-pyrrole nitrogens is 1. The van der Waals surface area contributed by atoms with Crippen molar-refractivity contribution in [2.45, 2.75) is 12.8 Å². The van der Waals surface area contributed by atoms with Crippen LogP contribution in [0.2, 0.25) is 0 Å². The Kier molecular flexibility index (Phi) is 6.01. The summed E-state index contributed by atoms with van der Waals surface area (Å²) < 4.78 is 59.2. The first kappa shape index (κ1) is 20.6. The van der Waals surface area contributed by atoms with Crippen LogP contribution in [-0.2, 0) is 16.0 Å². The molecule has 12 heteroatoms. The van der Waals surface area contributed by atoms with Crippen molar-refractivity contribution in [2.24, 2.45) is 0 Å². The zero-order valence-corrected chi connectivity index (χ0v) is 14.9. The smallest absolute Gasteiger partial charge is 0.403 e. The van der Waals surface area contributed by atoms with Crippen LogP contribution in [0.1, 0.15) is 5.82 Å². The molecule has 8 nitrogen and oxygen atoms in total. The predicted octanol–water partition coefficient (Wildman–Crippen LogP) is 1.83. The molecule has 1 saturated heterocycles. The van der Waals surface area contributed by atoms with E-state index < -0.39 is 29.4 Å². The van der Waals surface area contributed by atoms with E-state index in [2.05, 4.69) is 20.0 Å². The van der Waals surface area contributed by atoms with Gasteiger partial charge in [0, 0.05) is 30.9 Å². The maximum absolute atomic E-state index is 13.4. The number of morpholine rings is 1. The summed E-state index contributed by atoms with van der Waals surface area (Å²) in [6.07, 6.45) is -5.42. The van der Waals surface area contributed by atoms with Crippen LogP contribution in [0.15, 0.2) is 29.1 Å². The molecule has 1 aromatic carbocycles. The Morgan fingerprint density at radius 3 is 2.69 bits per heavy atom. The molecule has 156 valence electrons. The third kappa shape index (κ3) is 5.91. The molecule has 2 heterocycles. The summed E-state index contributed by atoms with van der Waals surface area (Å²) in [5, 5.41) is 2.31. The fourth-order valence-corrected chi connectivity index (χ4v) is 2.67. The van der Waals surface area contributed by atoms with Gasteiger partial charge in [-0.15, -0.1) is 13.2 Å². The van der Waals surface area contributed by atoms with Crippen molar-refractivity contribution in [2.75, 3.05) is 36.5 Å². The summed E-state index contributed by atoms with van der Waals surface area (Å²) in [6.45, 7) is 2.05. The molecule has 1 aromatic heterocycles. The lowest BCUT2D eigenvalue weighted by Gasteiger charge is -2.27. The molecule has 1 aliphatic heterocycles. The van der Waals surface area contributed by atoms with Gasteiger partial charge in [0.15, 0.2) is 11.6 Å². The van der Waals surface area contributed by atoms with Gasteiger partial charge < -0.3 is 24.7 Å². The third-order valence-electron chi connectivity index (χ3n) is 3.88. The lowest BCUT2D eigenvalue weighted by molar-refractivity contribution is -0.275. The van der Waals surface area contributed by atoms with Crippen molar-refractivity contribution in [3.8, 4) is 5.75 Å². The van der Waals surface area contributed by atoms with E-state index in [0.29, 0.717) is 38.2 Å². The third-order valence-corrected chi connectivity index (χ3v) is 3.88. The molecule has 0 saturated carbocycles. The maximum atomic E-state index is 13.4. The van der Waals surface area contributed by atoms with Crippen molar-refractivity contribution in [1.82, 2.24) is 9.97 Å². The summed E-state index contributed by atoms with van der Waals surface area (Å²) in [5.41, 5.74) is -0.561. The highest BCUT2D eigenvalue weighted by atomic mass is 19.4. The van der Waals surface area contributed by atoms with E-state index in [1.54, 1.807) is 0 Å². The van der Waals surface area contributed by atoms with Crippen molar-refractivity contribution in [1.29, 1.82) is 0 Å². The summed E-state index contributed by atoms with van der Waals surface area (Å²) in [7, 11) is 0. The highest BCUT2D eigenvalue weighted by Gasteiger charge is 2.32. The molecule has 3 rings (SSSR count). The Bertz CT molecular complexity index is 942. The highest BCUT2D eigenvalue weighted by molar-refractivity contribution is 5.92. The minimum Gasteiger partial charge on any atom is -0.403 e. The molecule has 0 atom stereocenters. The van der Waals surface area contributed by atoms with Gasteiger partial charge in [-0.1, -0.05) is 0 Å². The van der Waals surface area contributed by atoms with Gasteiger partial charge in [-0.2, -0.15) is 0 Å². The number of aromatic nitrogens is 2. The van der Waals surface area contributed by atoms with Gasteiger partial charge in [0.25, 0.3) is 5.56 Å². The molecular formula is C17H16F4N4O4. The lowest BCUT2D eigenvalue weighted by Crippen LogP contribution is -2.37. The number of anilines is 2. The molecule has 0 unspecified atom stereocenters. The first-order valence-corrected chi connectivity index (χ1v) is 8.48. The largest absolute Gasteiger partial charge is 0.573 e. The molecule has 2 N–H and O–H groups in total. The van der Waals surface area contributed by atoms with E-state index >= 15 is 0 Å². The van der Waals surface area contributed by atoms with Crippen LogP contribution in [0.4, 0.5) is 29.1 Å². The van der Waals surface area contributed by atoms with Crippen LogP contribution in [0.5, 0.6) is 5.75 Å². The van der Waals surface area contributed by atoms with Gasteiger partial charge in [0.05, 0.1) is 19.6 Å². The molecule has 1 fully saturated rings. The topological polar surface area (TPSA) is 96.6 Å². The number of alkyl halides is 3. The van der Waals surface area contributed by atoms with Crippen molar-refractivity contribution >= 4 is 17.4 Å². The van der Waals surface area contributed by atoms with E-state index in [-0.39, 0.29) is 17.9 Å². The zero-order valence-electron chi connectivity index (χ0n) is 14.9. The van der Waals surface area contributed by atoms with Crippen LogP contribution in [0, 0.1) is 5.82 Å². The standard InChI is InChI=1S/C17H16F4N4O4/c18-11-2-1-10(7-12(11)29-17(19,20)21)22-15(26)8-13-23-14(9-16(27)24-13)25-3-5-28-6-4-25/h1-2,7,9H,3-6,8H2,(H,22,26)(H,23,24,27). The number of rotatable bonds is 5. The fourth-order valence-electron chi connectivity index (χ4n) is 2.67. The number of hydrogen-bond acceptors (Lipinski definition) is 6. The maximum Gasteiger partial charge on any atom is 0.573 e. The summed E-state index contributed by atoms with van der Waals surface area (Å²) in [4.78, 5) is 32.6. The van der Waals surface area contributed by atoms with E-state index in [0.717, 1.165) is 12.1 Å². The Hall–Kier alpha value is -3.15. The second-order valence-electron chi connectivity index (χ2n) is 6.07. The molecule has 0 bridgehead atoms. The van der Waals surface area contributed by atoms with Gasteiger partial charge in [0.2, 0.25) is 5.91 Å². The number of amides is 1. The molecule has 0 radical (unpaired) electrons. The van der Waals surface area contributed by atoms with Crippen molar-refractivity contribution in [3.05, 3.63) is 46.3 Å². The fraction of sp³-hybridized carbons (Fsp3) is 0.353. The van der Waals surface area contributed by atoms with Gasteiger partial charge in [-0.3, -0.25) is 9.59 Å². The van der Waals surface area contributed by atoms with Crippen molar-refractivity contribution in [3.63, 3.8) is 0 Å². The first-order chi connectivity index (χ1) is 13.7. The van der Waals surface area contributed by atoms with E-state index in [4.69, 9.17) is 4.74 Å². The van der Waals surface area contributed by atoms with E-state index in [9.17, 15) is 27.2 Å². The number of benzene rings is 1. The molecule has 0 spiro atoms. The monoisotopic (exact) mass is 416 g/mol. The van der Waals surface area contributed by atoms with Crippen LogP contribution < -0.4 is 20.5 Å². The van der Waals surface area contributed by atoms with Crippen molar-refractivity contribution < 1.29 is 31.8 Å². The Labute approximate surface area is 161 Å². The van der Waals surface area contributed by atoms with Crippen LogP contribution in [-0.4, -0.2) is 48.5 Å². The number of carbonyl (C=O) groups excluding carboxylic acids is 1. The molecule has 29 heavy (non-hydrogen) atoms. The van der Waals surface area contributed by atoms with Crippen LogP contribution in [0.25, 0.3) is 0 Å². The minimum atomic E-state index is -5.08. The average Bonchev–Trinajstić information content (AvgIpc) is 2.63. The molecule has 1 amide bonds. The minimum absolute atomic E-state index is 0.0744. The number of halogens is 4. The Morgan fingerprint density at radius 1 is 1.28 bits per heavy atom. The summed E-state index contributed by atoms with van der Waals surface area (Å²) in [6, 6.07) is 3.82. The van der Waals surface area contributed by atoms with Gasteiger partial charge >= 0.3 is 6.36 Å². The predicted molar refractivity (Wildman–Crippen MR) is 93.3 cm³/mol. The summed E-state index contributed by atoms with van der Waals surface area (Å²) in [5.74, 6) is -2.51. The second kappa shape index (κ2) is 8.47. The summed E-state index contributed by atoms with van der Waals surface area (Å²) >= 11 is 0. The number of hydrogen-bond donors (Lipinski definition) is 2. The van der Waals surface area contributed by atoms with Crippen LogP contribution in [0.3, 0.4) is 0 Å².